The molecule has 0 bridgehead atoms. The number of thioether (sulfide) groups is 1. The summed E-state index contributed by atoms with van der Waals surface area (Å²) in [6, 6.07) is 0.557. The van der Waals surface area contributed by atoms with Crippen LogP contribution in [-0.2, 0) is 4.79 Å². The summed E-state index contributed by atoms with van der Waals surface area (Å²) in [5, 5.41) is 8.73. The van der Waals surface area contributed by atoms with Crippen LogP contribution in [0.25, 0.3) is 0 Å². The maximum Gasteiger partial charge on any atom is 0.307 e. The molecule has 2 saturated heterocycles. The first kappa shape index (κ1) is 7.43. The summed E-state index contributed by atoms with van der Waals surface area (Å²) in [5.41, 5.74) is 0. The molecule has 0 radical (unpaired) electrons. The maximum atomic E-state index is 10.6. The second-order valence-corrected chi connectivity index (χ2v) is 4.20. The number of hydrogen-bond donors (Lipinski definition) is 1. The van der Waals surface area contributed by atoms with E-state index in [0.29, 0.717) is 6.04 Å². The number of carboxylic acids is 1. The van der Waals surface area contributed by atoms with Gasteiger partial charge in [-0.1, -0.05) is 0 Å². The Balaban J connectivity index is 1.99. The molecule has 2 atom stereocenters. The van der Waals surface area contributed by atoms with Crippen molar-refractivity contribution in [2.75, 3.05) is 18.2 Å². The molecule has 0 saturated carbocycles. The number of carbonyl (C=O) groups is 1. The molecule has 4 heteroatoms. The Morgan fingerprint density at radius 2 is 2.45 bits per heavy atom. The van der Waals surface area contributed by atoms with Crippen LogP contribution in [-0.4, -0.2) is 40.2 Å². The van der Waals surface area contributed by atoms with E-state index < -0.39 is 5.97 Å². The zero-order valence-corrected chi connectivity index (χ0v) is 7.01. The van der Waals surface area contributed by atoms with Crippen LogP contribution >= 0.6 is 11.8 Å². The summed E-state index contributed by atoms with van der Waals surface area (Å²) in [4.78, 5) is 12.9. The Bertz CT molecular complexity index is 173. The van der Waals surface area contributed by atoms with E-state index >= 15 is 0 Å². The second-order valence-electron chi connectivity index (χ2n) is 3.20. The van der Waals surface area contributed by atoms with Crippen molar-refractivity contribution >= 4 is 17.7 Å². The Morgan fingerprint density at radius 3 is 3.09 bits per heavy atom. The first-order chi connectivity index (χ1) is 5.27. The smallest absolute Gasteiger partial charge is 0.307 e. The molecule has 2 aliphatic rings. The molecule has 0 unspecified atom stereocenters. The Hall–Kier alpha value is -0.220. The van der Waals surface area contributed by atoms with Crippen molar-refractivity contribution in [2.24, 2.45) is 5.92 Å². The monoisotopic (exact) mass is 173 g/mol. The van der Waals surface area contributed by atoms with Crippen LogP contribution in [0.3, 0.4) is 0 Å². The first-order valence-corrected chi connectivity index (χ1v) is 4.97. The van der Waals surface area contributed by atoms with Gasteiger partial charge in [0.15, 0.2) is 0 Å². The van der Waals surface area contributed by atoms with E-state index in [2.05, 4.69) is 4.90 Å². The third-order valence-corrected chi connectivity index (χ3v) is 3.58. The minimum absolute atomic E-state index is 0.0964. The highest BCUT2D eigenvalue weighted by Crippen LogP contribution is 2.32. The van der Waals surface area contributed by atoms with Crippen molar-refractivity contribution in [2.45, 2.75) is 12.5 Å². The summed E-state index contributed by atoms with van der Waals surface area (Å²) in [6.07, 6.45) is 0.863. The van der Waals surface area contributed by atoms with Crippen LogP contribution in [0.15, 0.2) is 0 Å². The molecule has 0 aromatic rings. The van der Waals surface area contributed by atoms with Crippen molar-refractivity contribution < 1.29 is 9.90 Å². The van der Waals surface area contributed by atoms with Gasteiger partial charge in [-0.2, -0.15) is 0 Å². The number of rotatable bonds is 1. The van der Waals surface area contributed by atoms with Gasteiger partial charge in [0, 0.05) is 24.2 Å². The summed E-state index contributed by atoms with van der Waals surface area (Å²) in [6.45, 7) is 0.771. The molecule has 2 rings (SSSR count). The summed E-state index contributed by atoms with van der Waals surface area (Å²) < 4.78 is 0. The zero-order chi connectivity index (χ0) is 7.84. The number of nitrogens with zero attached hydrogens (tertiary/aromatic N) is 1. The predicted octanol–water partition coefficient (Wildman–Crippen LogP) is 0.466. The minimum Gasteiger partial charge on any atom is -0.481 e. The molecule has 1 N–H and O–H groups in total. The Labute approximate surface area is 69.8 Å². The molecule has 2 aliphatic heterocycles. The lowest BCUT2D eigenvalue weighted by Crippen LogP contribution is -2.24. The first-order valence-electron chi connectivity index (χ1n) is 3.82. The van der Waals surface area contributed by atoms with Crippen molar-refractivity contribution in [3.63, 3.8) is 0 Å². The van der Waals surface area contributed by atoms with Crippen molar-refractivity contribution in [3.05, 3.63) is 0 Å². The van der Waals surface area contributed by atoms with E-state index in [1.165, 1.54) is 0 Å². The van der Waals surface area contributed by atoms with Gasteiger partial charge < -0.3 is 5.11 Å². The molecule has 0 aromatic carbocycles. The Morgan fingerprint density at radius 1 is 1.64 bits per heavy atom. The normalized spacial score (nSPS) is 37.5. The average Bonchev–Trinajstić information content (AvgIpc) is 2.40. The molecule has 0 aliphatic carbocycles. The van der Waals surface area contributed by atoms with Crippen molar-refractivity contribution in [3.8, 4) is 0 Å². The van der Waals surface area contributed by atoms with E-state index in [1.54, 1.807) is 0 Å². The molecule has 3 nitrogen and oxygen atoms in total. The van der Waals surface area contributed by atoms with Gasteiger partial charge in [-0.25, -0.2) is 0 Å². The summed E-state index contributed by atoms with van der Waals surface area (Å²) in [5.74, 6) is 1.45. The zero-order valence-electron chi connectivity index (χ0n) is 6.19. The molecule has 62 valence electrons. The van der Waals surface area contributed by atoms with E-state index in [9.17, 15) is 4.79 Å². The average molecular weight is 173 g/mol. The fourth-order valence-corrected chi connectivity index (χ4v) is 3.08. The predicted molar refractivity (Wildman–Crippen MR) is 43.6 cm³/mol. The van der Waals surface area contributed by atoms with E-state index in [-0.39, 0.29) is 5.92 Å². The van der Waals surface area contributed by atoms with Crippen molar-refractivity contribution in [1.29, 1.82) is 0 Å². The standard InChI is InChI=1S/C7H11NO2S/c9-7(10)5-1-6-3-11-4-8(6)2-5/h5-6H,1-4H2,(H,9,10)/t5-,6-/m0/s1. The minimum atomic E-state index is -0.621. The van der Waals surface area contributed by atoms with Crippen LogP contribution < -0.4 is 0 Å². The van der Waals surface area contributed by atoms with E-state index in [1.807, 2.05) is 11.8 Å². The molecule has 2 heterocycles. The van der Waals surface area contributed by atoms with Gasteiger partial charge in [0.2, 0.25) is 0 Å². The van der Waals surface area contributed by atoms with Gasteiger partial charge >= 0.3 is 5.97 Å². The number of carboxylic acid groups (broad SMARTS) is 1. The lowest BCUT2D eigenvalue weighted by molar-refractivity contribution is -0.141. The summed E-state index contributed by atoms with van der Waals surface area (Å²) in [7, 11) is 0. The fourth-order valence-electron chi connectivity index (χ4n) is 1.80. The maximum absolute atomic E-state index is 10.6. The third-order valence-electron chi connectivity index (χ3n) is 2.44. The largest absolute Gasteiger partial charge is 0.481 e. The van der Waals surface area contributed by atoms with Crippen LogP contribution in [0, 0.1) is 5.92 Å². The van der Waals surface area contributed by atoms with Crippen molar-refractivity contribution in [1.82, 2.24) is 4.90 Å². The molecular weight excluding hydrogens is 162 g/mol. The SMILES string of the molecule is O=C(O)[C@H]1C[C@H]2CSCN2C1. The number of hydrogen-bond acceptors (Lipinski definition) is 3. The van der Waals surface area contributed by atoms with E-state index in [4.69, 9.17) is 5.11 Å². The molecule has 11 heavy (non-hydrogen) atoms. The molecule has 2 fully saturated rings. The van der Waals surface area contributed by atoms with Crippen LogP contribution in [0.1, 0.15) is 6.42 Å². The van der Waals surface area contributed by atoms with Gasteiger partial charge in [0.05, 0.1) is 5.92 Å². The third kappa shape index (κ3) is 1.25. The van der Waals surface area contributed by atoms with Gasteiger partial charge in [-0.15, -0.1) is 11.8 Å². The van der Waals surface area contributed by atoms with Crippen LogP contribution in [0.2, 0.25) is 0 Å². The van der Waals surface area contributed by atoms with Crippen LogP contribution in [0.4, 0.5) is 0 Å². The highest BCUT2D eigenvalue weighted by molar-refractivity contribution is 7.99. The van der Waals surface area contributed by atoms with Gasteiger partial charge in [0.25, 0.3) is 0 Å². The second kappa shape index (κ2) is 2.68. The molecule has 0 spiro atoms. The topological polar surface area (TPSA) is 40.5 Å². The Kier molecular flexibility index (Phi) is 1.81. The summed E-state index contributed by atoms with van der Waals surface area (Å²) >= 11 is 1.91. The highest BCUT2D eigenvalue weighted by atomic mass is 32.2. The number of fused-ring (bicyclic) bond motifs is 1. The molecular formula is C7H11NO2S. The molecule has 0 amide bonds. The van der Waals surface area contributed by atoms with Gasteiger partial charge in [-0.3, -0.25) is 9.69 Å². The van der Waals surface area contributed by atoms with Gasteiger partial charge in [-0.05, 0) is 6.42 Å². The quantitative estimate of drug-likeness (QED) is 0.625. The van der Waals surface area contributed by atoms with Gasteiger partial charge in [0.1, 0.15) is 0 Å². The van der Waals surface area contributed by atoms with Crippen LogP contribution in [0.5, 0.6) is 0 Å². The van der Waals surface area contributed by atoms with E-state index in [0.717, 1.165) is 24.6 Å². The molecule has 0 aromatic heterocycles. The lowest BCUT2D eigenvalue weighted by atomic mass is 10.1. The number of aliphatic carboxylic acids is 1. The lowest BCUT2D eigenvalue weighted by Gasteiger charge is -2.10. The fraction of sp³-hybridized carbons (Fsp3) is 0.857. The highest BCUT2D eigenvalue weighted by Gasteiger charge is 2.38.